The fourth-order valence-corrected chi connectivity index (χ4v) is 4.92. The zero-order valence-corrected chi connectivity index (χ0v) is 23.4. The number of nitrogens with one attached hydrogen (secondary N) is 1. The van der Waals surface area contributed by atoms with Crippen molar-refractivity contribution in [2.45, 2.75) is 72.1 Å². The molecule has 0 aliphatic carbocycles. The normalized spacial score (nSPS) is 30.8. The van der Waals surface area contributed by atoms with Crippen LogP contribution in [0.4, 0.5) is 0 Å². The highest BCUT2D eigenvalue weighted by Gasteiger charge is 2.43. The molecule has 1 aromatic rings. The van der Waals surface area contributed by atoms with E-state index in [2.05, 4.69) is 16.9 Å². The molecule has 9 heteroatoms. The van der Waals surface area contributed by atoms with E-state index < -0.39 is 29.4 Å². The summed E-state index contributed by atoms with van der Waals surface area (Å²) in [6.07, 6.45) is 3.45. The van der Waals surface area contributed by atoms with Gasteiger partial charge in [0.15, 0.2) is 0 Å². The van der Waals surface area contributed by atoms with Crippen molar-refractivity contribution in [1.29, 1.82) is 0 Å². The molecule has 0 unspecified atom stereocenters. The molecule has 0 saturated heterocycles. The average molecular weight is 539 g/mol. The minimum Gasteiger partial charge on any atom is -0.392 e. The van der Waals surface area contributed by atoms with E-state index in [1.807, 2.05) is 25.3 Å². The van der Waals surface area contributed by atoms with Crippen molar-refractivity contribution in [2.24, 2.45) is 17.3 Å². The first kappa shape index (κ1) is 30.4. The molecule has 0 bridgehead atoms. The summed E-state index contributed by atoms with van der Waals surface area (Å²) in [5.41, 5.74) is 0.428. The number of aliphatic hydroxyl groups is 2. The maximum Gasteiger partial charge on any atom is 0.223 e. The van der Waals surface area contributed by atoms with Gasteiger partial charge in [-0.25, -0.2) is 4.98 Å². The molecule has 2 heterocycles. The summed E-state index contributed by atoms with van der Waals surface area (Å²) >= 11 is 7.93. The first-order valence-corrected chi connectivity index (χ1v) is 13.5. The van der Waals surface area contributed by atoms with Crippen LogP contribution in [0.1, 0.15) is 57.7 Å². The summed E-state index contributed by atoms with van der Waals surface area (Å²) in [7, 11) is 0. The molecule has 1 aliphatic rings. The number of allylic oxidation sites excluding steroid dienone is 1. The number of halogens is 1. The van der Waals surface area contributed by atoms with E-state index in [9.17, 15) is 19.8 Å². The molecule has 3 N–H and O–H groups in total. The Morgan fingerprint density at radius 1 is 1.39 bits per heavy atom. The van der Waals surface area contributed by atoms with Crippen LogP contribution < -0.4 is 5.32 Å². The van der Waals surface area contributed by atoms with Crippen LogP contribution in [0.5, 0.6) is 0 Å². The fraction of sp³-hybridized carbons (Fsp3) is 0.593. The van der Waals surface area contributed by atoms with Gasteiger partial charge < -0.3 is 20.3 Å². The number of aryl methyl sites for hydroxylation is 1. The lowest BCUT2D eigenvalue weighted by molar-refractivity contribution is -0.144. The molecular formula is C27H39ClN2O5S. The van der Waals surface area contributed by atoms with Crippen molar-refractivity contribution >= 4 is 40.7 Å². The quantitative estimate of drug-likeness (QED) is 0.490. The third kappa shape index (κ3) is 8.35. The van der Waals surface area contributed by atoms with E-state index in [0.29, 0.717) is 11.5 Å². The van der Waals surface area contributed by atoms with Crippen LogP contribution in [0.15, 0.2) is 34.7 Å². The number of hydrogen-bond donors (Lipinski definition) is 3. The Labute approximate surface area is 223 Å². The van der Waals surface area contributed by atoms with E-state index in [-0.39, 0.29) is 43.8 Å². The highest BCUT2D eigenvalue weighted by molar-refractivity contribution is 7.09. The number of amides is 1. The number of hydrogen-bond acceptors (Lipinski definition) is 7. The summed E-state index contributed by atoms with van der Waals surface area (Å²) in [6.45, 7) is 12.9. The second-order valence-electron chi connectivity index (χ2n) is 10.1. The highest BCUT2D eigenvalue weighted by atomic mass is 35.5. The standard InChI is InChI=1S/C27H39ClN2O5S/c1-7-8-21-25(33)17(3)13-35-14-19(28)9-10-22(16(2)11-20-15-36-18(4)29-20)30-24(32)12-23(31)27(5,6)26(21)34/h7,9,11,15,17,21-23,25,31,33H,1,8,10,12-14H2,2-6H3,(H,30,32)/b16-11+,19-9+/t17-,21+,22-,23-,25-/m0/s1. The largest absolute Gasteiger partial charge is 0.392 e. The molecule has 0 saturated carbocycles. The highest BCUT2D eigenvalue weighted by Crippen LogP contribution is 2.33. The zero-order valence-electron chi connectivity index (χ0n) is 21.8. The van der Waals surface area contributed by atoms with Crippen molar-refractivity contribution in [3.8, 4) is 0 Å². The molecule has 1 aliphatic heterocycles. The van der Waals surface area contributed by atoms with E-state index in [1.165, 1.54) is 0 Å². The Morgan fingerprint density at radius 3 is 2.69 bits per heavy atom. The number of Topliss-reactive ketones (excluding diaryl/α,β-unsaturated/α-hetero) is 1. The maximum absolute atomic E-state index is 13.5. The molecule has 5 atom stereocenters. The van der Waals surface area contributed by atoms with Gasteiger partial charge in [0.25, 0.3) is 0 Å². The summed E-state index contributed by atoms with van der Waals surface area (Å²) in [6, 6.07) is -0.388. The summed E-state index contributed by atoms with van der Waals surface area (Å²) in [5, 5.41) is 28.2. The van der Waals surface area contributed by atoms with Crippen LogP contribution in [0.25, 0.3) is 6.08 Å². The predicted octanol–water partition coefficient (Wildman–Crippen LogP) is 4.42. The van der Waals surface area contributed by atoms with Gasteiger partial charge in [0, 0.05) is 22.2 Å². The van der Waals surface area contributed by atoms with Gasteiger partial charge in [0.1, 0.15) is 5.78 Å². The molecule has 0 aromatic carbocycles. The van der Waals surface area contributed by atoms with Gasteiger partial charge in [-0.05, 0) is 38.3 Å². The van der Waals surface area contributed by atoms with Gasteiger partial charge in [0.05, 0.1) is 54.0 Å². The lowest BCUT2D eigenvalue weighted by Gasteiger charge is -2.35. The van der Waals surface area contributed by atoms with Crippen LogP contribution in [0, 0.1) is 24.2 Å². The number of carbonyl (C=O) groups excluding carboxylic acids is 2. The molecule has 36 heavy (non-hydrogen) atoms. The van der Waals surface area contributed by atoms with Crippen molar-refractivity contribution in [3.63, 3.8) is 0 Å². The van der Waals surface area contributed by atoms with Gasteiger partial charge in [-0.1, -0.05) is 44.5 Å². The molecular weight excluding hydrogens is 500 g/mol. The maximum atomic E-state index is 13.5. The van der Waals surface area contributed by atoms with Gasteiger partial charge in [-0.15, -0.1) is 17.9 Å². The van der Waals surface area contributed by atoms with E-state index in [4.69, 9.17) is 16.3 Å². The third-order valence-electron chi connectivity index (χ3n) is 6.69. The number of nitrogens with zero attached hydrogens (tertiary/aromatic N) is 1. The predicted molar refractivity (Wildman–Crippen MR) is 145 cm³/mol. The van der Waals surface area contributed by atoms with E-state index >= 15 is 0 Å². The molecule has 1 aromatic heterocycles. The molecule has 1 amide bonds. The molecule has 200 valence electrons. The molecule has 7 nitrogen and oxygen atoms in total. The number of rotatable bonds is 4. The number of ketones is 1. The second kappa shape index (κ2) is 13.6. The number of aromatic nitrogens is 1. The van der Waals surface area contributed by atoms with Crippen molar-refractivity contribution in [3.05, 3.63) is 45.4 Å². The first-order chi connectivity index (χ1) is 16.9. The third-order valence-corrected chi connectivity index (χ3v) is 7.75. The molecule has 0 spiro atoms. The lowest BCUT2D eigenvalue weighted by Crippen LogP contribution is -2.48. The molecule has 0 radical (unpaired) electrons. The Balaban J connectivity index is 2.37. The summed E-state index contributed by atoms with van der Waals surface area (Å²) in [5.74, 6) is -1.85. The van der Waals surface area contributed by atoms with Crippen LogP contribution in [0.3, 0.4) is 0 Å². The number of ether oxygens (including phenoxy) is 1. The van der Waals surface area contributed by atoms with Crippen LogP contribution in [-0.4, -0.2) is 58.4 Å². The van der Waals surface area contributed by atoms with E-state index in [1.54, 1.807) is 44.3 Å². The lowest BCUT2D eigenvalue weighted by atomic mass is 9.71. The second-order valence-corrected chi connectivity index (χ2v) is 11.7. The summed E-state index contributed by atoms with van der Waals surface area (Å²) in [4.78, 5) is 30.9. The Hall–Kier alpha value is -1.84. The smallest absolute Gasteiger partial charge is 0.223 e. The topological polar surface area (TPSA) is 109 Å². The number of thiazole rings is 1. The van der Waals surface area contributed by atoms with Crippen LogP contribution >= 0.6 is 22.9 Å². The van der Waals surface area contributed by atoms with Gasteiger partial charge in [0.2, 0.25) is 5.91 Å². The van der Waals surface area contributed by atoms with Crippen LogP contribution in [-0.2, 0) is 14.3 Å². The summed E-state index contributed by atoms with van der Waals surface area (Å²) < 4.78 is 5.72. The monoisotopic (exact) mass is 538 g/mol. The van der Waals surface area contributed by atoms with Gasteiger partial charge >= 0.3 is 0 Å². The molecule has 0 fully saturated rings. The Morgan fingerprint density at radius 2 is 2.08 bits per heavy atom. The number of carbonyl (C=O) groups is 2. The zero-order chi connectivity index (χ0) is 27.0. The van der Waals surface area contributed by atoms with Crippen molar-refractivity contribution in [1.82, 2.24) is 10.3 Å². The van der Waals surface area contributed by atoms with Gasteiger partial charge in [-0.2, -0.15) is 0 Å². The van der Waals surface area contributed by atoms with Gasteiger partial charge in [-0.3, -0.25) is 9.59 Å². The Bertz CT molecular complexity index is 987. The SMILES string of the molecule is C=CC[C@H]1C(=O)C(C)(C)[C@@H](O)CC(=O)N[C@H](/C(C)=C/c2csc(C)n2)C/C=C(/Cl)COC[C@H](C)[C@@H]1O. The minimum absolute atomic E-state index is 0.150. The molecule has 2 rings (SSSR count). The number of aliphatic hydroxyl groups excluding tert-OH is 2. The van der Waals surface area contributed by atoms with E-state index in [0.717, 1.165) is 16.3 Å². The van der Waals surface area contributed by atoms with Crippen molar-refractivity contribution in [2.75, 3.05) is 13.2 Å². The Kier molecular flexibility index (Phi) is 11.5. The first-order valence-electron chi connectivity index (χ1n) is 12.2. The fourth-order valence-electron chi connectivity index (χ4n) is 4.19. The van der Waals surface area contributed by atoms with Crippen LogP contribution in [0.2, 0.25) is 0 Å². The average Bonchev–Trinajstić information content (AvgIpc) is 3.22. The van der Waals surface area contributed by atoms with Crippen molar-refractivity contribution < 1.29 is 24.5 Å². The minimum atomic E-state index is -1.26.